The molecule has 0 spiro atoms. The van der Waals surface area contributed by atoms with Gasteiger partial charge in [-0.15, -0.1) is 23.2 Å². The lowest BCUT2D eigenvalue weighted by molar-refractivity contribution is -0.136. The molecule has 0 aromatic carbocycles. The van der Waals surface area contributed by atoms with E-state index in [1.807, 2.05) is 0 Å². The van der Waals surface area contributed by atoms with Gasteiger partial charge in [0.1, 0.15) is 4.33 Å². The van der Waals surface area contributed by atoms with Crippen LogP contribution in [0.25, 0.3) is 0 Å². The Morgan fingerprint density at radius 1 is 1.36 bits per heavy atom. The summed E-state index contributed by atoms with van der Waals surface area (Å²) in [6.07, 6.45) is 0. The van der Waals surface area contributed by atoms with Gasteiger partial charge in [-0.1, -0.05) is 0 Å². The third-order valence-electron chi connectivity index (χ3n) is 3.15. The summed E-state index contributed by atoms with van der Waals surface area (Å²) in [5.74, 6) is -0.103. The smallest absolute Gasteiger partial charge is 0.220 e. The summed E-state index contributed by atoms with van der Waals surface area (Å²) < 4.78 is -0.789. The van der Waals surface area contributed by atoms with Gasteiger partial charge in [0, 0.05) is 25.3 Å². The van der Waals surface area contributed by atoms with E-state index in [2.05, 4.69) is 0 Å². The number of carbonyl (C=O) groups excluding carboxylic acids is 2. The Labute approximate surface area is 92.3 Å². The van der Waals surface area contributed by atoms with Crippen molar-refractivity contribution in [3.05, 3.63) is 0 Å². The van der Waals surface area contributed by atoms with Crippen molar-refractivity contribution in [3.63, 3.8) is 0 Å². The molecule has 2 rings (SSSR count). The molecule has 2 fully saturated rings. The van der Waals surface area contributed by atoms with Crippen molar-refractivity contribution in [1.29, 1.82) is 0 Å². The second-order valence-electron chi connectivity index (χ2n) is 4.03. The minimum Gasteiger partial charge on any atom is -0.332 e. The number of halogens is 2. The Kier molecular flexibility index (Phi) is 2.09. The van der Waals surface area contributed by atoms with E-state index in [-0.39, 0.29) is 23.5 Å². The van der Waals surface area contributed by atoms with Crippen LogP contribution < -0.4 is 0 Å². The lowest BCUT2D eigenvalue weighted by Gasteiger charge is -2.26. The molecular weight excluding hydrogens is 225 g/mol. The highest BCUT2D eigenvalue weighted by Gasteiger charge is 2.72. The van der Waals surface area contributed by atoms with Crippen molar-refractivity contribution >= 4 is 34.9 Å². The molecule has 0 N–H and O–H groups in total. The van der Waals surface area contributed by atoms with Crippen molar-refractivity contribution in [2.24, 2.45) is 11.8 Å². The molecule has 0 bridgehead atoms. The Balaban J connectivity index is 2.23. The van der Waals surface area contributed by atoms with Gasteiger partial charge in [0.2, 0.25) is 5.91 Å². The number of fused-ring (bicyclic) bond motifs is 1. The SMILES string of the molecule is CC(=O)[C@@H]1C2[C@H](CN1C(C)=O)C2(Cl)Cl. The van der Waals surface area contributed by atoms with Gasteiger partial charge in [0.05, 0.1) is 6.04 Å². The summed E-state index contributed by atoms with van der Waals surface area (Å²) in [5, 5.41) is 0. The van der Waals surface area contributed by atoms with Crippen LogP contribution in [0.15, 0.2) is 0 Å². The number of nitrogens with zero attached hydrogens (tertiary/aromatic N) is 1. The fraction of sp³-hybridized carbons (Fsp3) is 0.778. The first kappa shape index (κ1) is 10.2. The van der Waals surface area contributed by atoms with E-state index in [1.54, 1.807) is 4.90 Å². The molecule has 0 aromatic heterocycles. The van der Waals surface area contributed by atoms with Crippen LogP contribution in [-0.4, -0.2) is 33.5 Å². The number of Topliss-reactive ketones (excluding diaryl/α,β-unsaturated/α-hetero) is 1. The van der Waals surface area contributed by atoms with E-state index in [0.717, 1.165) is 0 Å². The average molecular weight is 236 g/mol. The highest BCUT2D eigenvalue weighted by Crippen LogP contribution is 2.65. The first-order valence-electron chi connectivity index (χ1n) is 4.53. The quantitative estimate of drug-likeness (QED) is 0.642. The Hall–Kier alpha value is -0.280. The number of piperidine rings is 1. The molecule has 1 unspecified atom stereocenters. The molecule has 78 valence electrons. The predicted octanol–water partition coefficient (Wildman–Crippen LogP) is 1.23. The highest BCUT2D eigenvalue weighted by atomic mass is 35.5. The molecule has 2 aliphatic rings. The van der Waals surface area contributed by atoms with Gasteiger partial charge >= 0.3 is 0 Å². The van der Waals surface area contributed by atoms with Crippen molar-refractivity contribution in [2.75, 3.05) is 6.54 Å². The van der Waals surface area contributed by atoms with E-state index >= 15 is 0 Å². The third kappa shape index (κ3) is 1.18. The zero-order valence-corrected chi connectivity index (χ0v) is 9.47. The van der Waals surface area contributed by atoms with Crippen molar-refractivity contribution in [3.8, 4) is 0 Å². The first-order chi connectivity index (χ1) is 6.37. The summed E-state index contributed by atoms with van der Waals surface area (Å²) in [7, 11) is 0. The second kappa shape index (κ2) is 2.86. The van der Waals surface area contributed by atoms with E-state index in [0.29, 0.717) is 6.54 Å². The van der Waals surface area contributed by atoms with Gasteiger partial charge < -0.3 is 4.90 Å². The normalized spacial score (nSPS) is 38.0. The maximum Gasteiger partial charge on any atom is 0.220 e. The molecule has 1 heterocycles. The molecule has 14 heavy (non-hydrogen) atoms. The molecule has 3 nitrogen and oxygen atoms in total. The maximum atomic E-state index is 11.4. The minimum atomic E-state index is -0.789. The van der Waals surface area contributed by atoms with E-state index < -0.39 is 10.4 Å². The molecule has 5 heteroatoms. The lowest BCUT2D eigenvalue weighted by atomic mass is 10.1. The maximum absolute atomic E-state index is 11.4. The van der Waals surface area contributed by atoms with Crippen molar-refractivity contribution in [1.82, 2.24) is 4.90 Å². The van der Waals surface area contributed by atoms with Crippen LogP contribution in [0.2, 0.25) is 0 Å². The number of alkyl halides is 2. The number of amides is 1. The summed E-state index contributed by atoms with van der Waals surface area (Å²) in [6, 6.07) is -0.410. The number of rotatable bonds is 1. The van der Waals surface area contributed by atoms with Crippen LogP contribution in [0.1, 0.15) is 13.8 Å². The monoisotopic (exact) mass is 235 g/mol. The summed E-state index contributed by atoms with van der Waals surface area (Å²) in [5.41, 5.74) is 0. The van der Waals surface area contributed by atoms with Gasteiger partial charge in [-0.2, -0.15) is 0 Å². The fourth-order valence-electron chi connectivity index (χ4n) is 2.40. The number of likely N-dealkylation sites (tertiary alicyclic amines) is 1. The van der Waals surface area contributed by atoms with Crippen LogP contribution in [0, 0.1) is 11.8 Å². The molecule has 1 saturated heterocycles. The Morgan fingerprint density at radius 2 is 1.93 bits per heavy atom. The standard InChI is InChI=1S/C9H11Cl2NO2/c1-4(13)8-7-6(9(7,10)11)3-12(8)5(2)14/h6-8H,3H2,1-2H3/t6-,7?,8+/m0/s1. The summed E-state index contributed by atoms with van der Waals surface area (Å²) in [4.78, 5) is 24.2. The van der Waals surface area contributed by atoms with Gasteiger partial charge in [-0.3, -0.25) is 9.59 Å². The van der Waals surface area contributed by atoms with E-state index in [4.69, 9.17) is 23.2 Å². The van der Waals surface area contributed by atoms with Gasteiger partial charge in [0.15, 0.2) is 5.78 Å². The van der Waals surface area contributed by atoms with Crippen LogP contribution in [0.4, 0.5) is 0 Å². The summed E-state index contributed by atoms with van der Waals surface area (Å²) in [6.45, 7) is 3.45. The molecule has 1 aliphatic carbocycles. The molecule has 0 aromatic rings. The average Bonchev–Trinajstić information content (AvgIpc) is 2.47. The van der Waals surface area contributed by atoms with Gasteiger partial charge in [-0.25, -0.2) is 0 Å². The topological polar surface area (TPSA) is 37.4 Å². The minimum absolute atomic E-state index is 0.0316. The largest absolute Gasteiger partial charge is 0.332 e. The fourth-order valence-corrected chi connectivity index (χ4v) is 3.22. The number of ketones is 1. The molecule has 1 amide bonds. The second-order valence-corrected chi connectivity index (χ2v) is 5.48. The Bertz CT molecular complexity index is 316. The molecule has 3 atom stereocenters. The van der Waals surface area contributed by atoms with Crippen LogP contribution in [-0.2, 0) is 9.59 Å². The molecule has 1 saturated carbocycles. The summed E-state index contributed by atoms with van der Waals surface area (Å²) >= 11 is 12.0. The molecular formula is C9H11Cl2NO2. The number of hydrogen-bond donors (Lipinski definition) is 0. The zero-order valence-electron chi connectivity index (χ0n) is 7.96. The van der Waals surface area contributed by atoms with Gasteiger partial charge in [-0.05, 0) is 6.92 Å². The van der Waals surface area contributed by atoms with Gasteiger partial charge in [0.25, 0.3) is 0 Å². The first-order valence-corrected chi connectivity index (χ1v) is 5.28. The molecule has 1 aliphatic heterocycles. The Morgan fingerprint density at radius 3 is 2.36 bits per heavy atom. The van der Waals surface area contributed by atoms with Crippen LogP contribution in [0.3, 0.4) is 0 Å². The van der Waals surface area contributed by atoms with Crippen LogP contribution >= 0.6 is 23.2 Å². The predicted molar refractivity (Wildman–Crippen MR) is 53.3 cm³/mol. The lowest BCUT2D eigenvalue weighted by Crippen LogP contribution is -2.43. The van der Waals surface area contributed by atoms with E-state index in [9.17, 15) is 9.59 Å². The number of hydrogen-bond acceptors (Lipinski definition) is 2. The zero-order chi connectivity index (χ0) is 10.7. The third-order valence-corrected chi connectivity index (χ3v) is 4.22. The van der Waals surface area contributed by atoms with Crippen LogP contribution in [0.5, 0.6) is 0 Å². The van der Waals surface area contributed by atoms with Crippen molar-refractivity contribution in [2.45, 2.75) is 24.2 Å². The highest BCUT2D eigenvalue weighted by molar-refractivity contribution is 6.51. The van der Waals surface area contributed by atoms with Crippen molar-refractivity contribution < 1.29 is 9.59 Å². The van der Waals surface area contributed by atoms with E-state index in [1.165, 1.54) is 13.8 Å². The number of carbonyl (C=O) groups is 2. The molecule has 0 radical (unpaired) electrons.